The van der Waals surface area contributed by atoms with Crippen LogP contribution in [0.2, 0.25) is 0 Å². The molecule has 2 aliphatic rings. The van der Waals surface area contributed by atoms with Crippen molar-refractivity contribution in [3.8, 4) is 0 Å². The van der Waals surface area contributed by atoms with Crippen LogP contribution in [-0.2, 0) is 0 Å². The van der Waals surface area contributed by atoms with Crippen molar-refractivity contribution < 1.29 is 5.11 Å². The van der Waals surface area contributed by atoms with Gasteiger partial charge in [0.2, 0.25) is 0 Å². The maximum absolute atomic E-state index is 9.10. The lowest BCUT2D eigenvalue weighted by atomic mass is 10.0. The molecule has 0 amide bonds. The Morgan fingerprint density at radius 1 is 1.33 bits per heavy atom. The molecule has 1 aliphatic carbocycles. The molecule has 1 aliphatic heterocycles. The lowest BCUT2D eigenvalue weighted by Gasteiger charge is -2.25. The fourth-order valence-electron chi connectivity index (χ4n) is 3.19. The van der Waals surface area contributed by atoms with Crippen LogP contribution in [0.25, 0.3) is 0 Å². The molecule has 3 nitrogen and oxygen atoms in total. The fourth-order valence-corrected chi connectivity index (χ4v) is 3.19. The molecular weight excluding hydrogens is 188 g/mol. The molecule has 88 valence electrons. The Hall–Kier alpha value is -0.120. The zero-order valence-corrected chi connectivity index (χ0v) is 9.78. The summed E-state index contributed by atoms with van der Waals surface area (Å²) in [5.74, 6) is 1.38. The molecule has 2 N–H and O–H groups in total. The number of nitrogens with one attached hydrogen (secondary N) is 1. The average molecular weight is 212 g/mol. The smallest absolute Gasteiger partial charge is 0.0471 e. The summed E-state index contributed by atoms with van der Waals surface area (Å²) >= 11 is 0. The Labute approximate surface area is 92.8 Å². The number of hydrogen-bond donors (Lipinski definition) is 2. The van der Waals surface area contributed by atoms with Gasteiger partial charge in [-0.3, -0.25) is 0 Å². The first-order chi connectivity index (χ1) is 7.33. The van der Waals surface area contributed by atoms with Gasteiger partial charge in [-0.1, -0.05) is 6.42 Å². The fraction of sp³-hybridized carbons (Fsp3) is 1.00. The highest BCUT2D eigenvalue weighted by molar-refractivity contribution is 4.86. The molecule has 3 atom stereocenters. The van der Waals surface area contributed by atoms with Crippen molar-refractivity contribution in [3.63, 3.8) is 0 Å². The first kappa shape index (κ1) is 11.4. The third kappa shape index (κ3) is 2.71. The summed E-state index contributed by atoms with van der Waals surface area (Å²) < 4.78 is 0. The highest BCUT2D eigenvalue weighted by atomic mass is 16.3. The van der Waals surface area contributed by atoms with Crippen LogP contribution >= 0.6 is 0 Å². The molecule has 2 rings (SSSR count). The Morgan fingerprint density at radius 2 is 2.20 bits per heavy atom. The molecule has 0 spiro atoms. The molecule has 15 heavy (non-hydrogen) atoms. The lowest BCUT2D eigenvalue weighted by Crippen LogP contribution is -2.37. The van der Waals surface area contributed by atoms with E-state index in [4.69, 9.17) is 5.11 Å². The average Bonchev–Trinajstić information content (AvgIpc) is 2.87. The summed E-state index contributed by atoms with van der Waals surface area (Å²) in [7, 11) is 2.09. The normalized spacial score (nSPS) is 37.6. The SMILES string of the molecule is CNC1CCCC1CN1CCC(CO)C1. The summed E-state index contributed by atoms with van der Waals surface area (Å²) in [5, 5.41) is 12.5. The zero-order valence-electron chi connectivity index (χ0n) is 9.78. The predicted octanol–water partition coefficient (Wildman–Crippen LogP) is 0.689. The third-order valence-corrected chi connectivity index (χ3v) is 4.15. The second-order valence-electron chi connectivity index (χ2n) is 5.18. The Kier molecular flexibility index (Phi) is 4.00. The quantitative estimate of drug-likeness (QED) is 0.719. The van der Waals surface area contributed by atoms with Gasteiger partial charge < -0.3 is 15.3 Å². The summed E-state index contributed by atoms with van der Waals surface area (Å²) in [6.07, 6.45) is 5.30. The minimum Gasteiger partial charge on any atom is -0.396 e. The van der Waals surface area contributed by atoms with E-state index in [1.54, 1.807) is 0 Å². The van der Waals surface area contributed by atoms with E-state index in [0.717, 1.165) is 18.5 Å². The van der Waals surface area contributed by atoms with Crippen LogP contribution < -0.4 is 5.32 Å². The van der Waals surface area contributed by atoms with Gasteiger partial charge in [-0.15, -0.1) is 0 Å². The number of rotatable bonds is 4. The number of nitrogens with zero attached hydrogens (tertiary/aromatic N) is 1. The van der Waals surface area contributed by atoms with Gasteiger partial charge in [0.25, 0.3) is 0 Å². The first-order valence-corrected chi connectivity index (χ1v) is 6.34. The Morgan fingerprint density at radius 3 is 2.87 bits per heavy atom. The molecule has 0 radical (unpaired) electrons. The number of likely N-dealkylation sites (tertiary alicyclic amines) is 1. The van der Waals surface area contributed by atoms with Crippen LogP contribution in [0.5, 0.6) is 0 Å². The van der Waals surface area contributed by atoms with Crippen molar-refractivity contribution >= 4 is 0 Å². The van der Waals surface area contributed by atoms with E-state index in [2.05, 4.69) is 17.3 Å². The molecule has 1 saturated carbocycles. The van der Waals surface area contributed by atoms with E-state index in [9.17, 15) is 0 Å². The highest BCUT2D eigenvalue weighted by Crippen LogP contribution is 2.28. The van der Waals surface area contributed by atoms with Gasteiger partial charge in [0.05, 0.1) is 0 Å². The standard InChI is InChI=1S/C12H24N2O/c1-13-12-4-2-3-11(12)8-14-6-5-10(7-14)9-15/h10-13,15H,2-9H2,1H3. The van der Waals surface area contributed by atoms with E-state index < -0.39 is 0 Å². The van der Waals surface area contributed by atoms with Gasteiger partial charge in [-0.05, 0) is 44.7 Å². The van der Waals surface area contributed by atoms with E-state index >= 15 is 0 Å². The molecule has 0 aromatic carbocycles. The predicted molar refractivity (Wildman–Crippen MR) is 61.8 cm³/mol. The maximum atomic E-state index is 9.10. The van der Waals surface area contributed by atoms with Gasteiger partial charge >= 0.3 is 0 Å². The van der Waals surface area contributed by atoms with E-state index in [-0.39, 0.29) is 0 Å². The molecule has 1 heterocycles. The second kappa shape index (κ2) is 5.28. The van der Waals surface area contributed by atoms with Gasteiger partial charge in [-0.2, -0.15) is 0 Å². The van der Waals surface area contributed by atoms with Gasteiger partial charge in [-0.25, -0.2) is 0 Å². The third-order valence-electron chi connectivity index (χ3n) is 4.15. The van der Waals surface area contributed by atoms with E-state index in [0.29, 0.717) is 12.5 Å². The molecule has 1 saturated heterocycles. The largest absolute Gasteiger partial charge is 0.396 e. The number of hydrogen-bond acceptors (Lipinski definition) is 3. The lowest BCUT2D eigenvalue weighted by molar-refractivity contribution is 0.207. The minimum atomic E-state index is 0.372. The highest BCUT2D eigenvalue weighted by Gasteiger charge is 2.30. The van der Waals surface area contributed by atoms with E-state index in [1.165, 1.54) is 38.8 Å². The van der Waals surface area contributed by atoms with Crippen LogP contribution in [-0.4, -0.2) is 49.3 Å². The molecule has 3 unspecified atom stereocenters. The Bertz CT molecular complexity index is 198. The van der Waals surface area contributed by atoms with Crippen molar-refractivity contribution in [1.82, 2.24) is 10.2 Å². The van der Waals surface area contributed by atoms with Crippen LogP contribution in [0, 0.1) is 11.8 Å². The molecule has 0 aromatic rings. The first-order valence-electron chi connectivity index (χ1n) is 6.34. The summed E-state index contributed by atoms with van der Waals surface area (Å²) in [4.78, 5) is 2.54. The van der Waals surface area contributed by atoms with Crippen molar-refractivity contribution in [3.05, 3.63) is 0 Å². The zero-order chi connectivity index (χ0) is 10.7. The number of aliphatic hydroxyl groups is 1. The van der Waals surface area contributed by atoms with Crippen molar-refractivity contribution in [2.45, 2.75) is 31.7 Å². The van der Waals surface area contributed by atoms with Crippen LogP contribution in [0.4, 0.5) is 0 Å². The van der Waals surface area contributed by atoms with E-state index in [1.807, 2.05) is 0 Å². The monoisotopic (exact) mass is 212 g/mol. The van der Waals surface area contributed by atoms with Crippen LogP contribution in [0.15, 0.2) is 0 Å². The molecular formula is C12H24N2O. The van der Waals surface area contributed by atoms with Crippen LogP contribution in [0.1, 0.15) is 25.7 Å². The molecule has 0 bridgehead atoms. The van der Waals surface area contributed by atoms with Crippen LogP contribution in [0.3, 0.4) is 0 Å². The summed E-state index contributed by atoms with van der Waals surface area (Å²) in [6.45, 7) is 3.92. The topological polar surface area (TPSA) is 35.5 Å². The van der Waals surface area contributed by atoms with Gasteiger partial charge in [0.15, 0.2) is 0 Å². The molecule has 0 aromatic heterocycles. The van der Waals surface area contributed by atoms with Gasteiger partial charge in [0, 0.05) is 25.7 Å². The van der Waals surface area contributed by atoms with Gasteiger partial charge in [0.1, 0.15) is 0 Å². The molecule has 2 fully saturated rings. The minimum absolute atomic E-state index is 0.372. The summed E-state index contributed by atoms with van der Waals surface area (Å²) in [5.41, 5.74) is 0. The second-order valence-corrected chi connectivity index (χ2v) is 5.18. The maximum Gasteiger partial charge on any atom is 0.0471 e. The van der Waals surface area contributed by atoms with Crippen molar-refractivity contribution in [2.75, 3.05) is 33.3 Å². The summed E-state index contributed by atoms with van der Waals surface area (Å²) in [6, 6.07) is 0.734. The van der Waals surface area contributed by atoms with Crippen molar-refractivity contribution in [2.24, 2.45) is 11.8 Å². The van der Waals surface area contributed by atoms with Crippen molar-refractivity contribution in [1.29, 1.82) is 0 Å². The Balaban J connectivity index is 1.77. The molecule has 3 heteroatoms. The number of aliphatic hydroxyl groups excluding tert-OH is 1.